The number of hydrogen-bond donors (Lipinski definition) is 5. The molecule has 4 rings (SSSR count). The molecule has 0 spiro atoms. The molecule has 0 radical (unpaired) electrons. The Morgan fingerprint density at radius 2 is 1.64 bits per heavy atom. The lowest BCUT2D eigenvalue weighted by Gasteiger charge is -2.63. The van der Waals surface area contributed by atoms with E-state index in [1.807, 2.05) is 0 Å². The average molecular weight is 585 g/mol. The molecule has 0 heterocycles. The molecule has 1 fully saturated rings. The molecule has 1 saturated carbocycles. The molecule has 1 aromatic rings. The summed E-state index contributed by atoms with van der Waals surface area (Å²) in [5.41, 5.74) is -8.25. The Morgan fingerprint density at radius 3 is 2.14 bits per heavy atom. The van der Waals surface area contributed by atoms with Gasteiger partial charge < -0.3 is 30.3 Å². The van der Waals surface area contributed by atoms with Crippen molar-refractivity contribution < 1.29 is 49.4 Å². The molecule has 0 amide bonds. The molecule has 0 saturated heterocycles. The number of aliphatic hydroxyl groups is 4. The van der Waals surface area contributed by atoms with Crippen LogP contribution in [0.1, 0.15) is 84.9 Å². The van der Waals surface area contributed by atoms with Gasteiger partial charge in [-0.25, -0.2) is 0 Å². The maximum Gasteiger partial charge on any atom is 0.310 e. The van der Waals surface area contributed by atoms with Crippen LogP contribution in [0.5, 0.6) is 5.75 Å². The van der Waals surface area contributed by atoms with Gasteiger partial charge in [-0.3, -0.25) is 19.2 Å². The van der Waals surface area contributed by atoms with Gasteiger partial charge in [-0.2, -0.15) is 0 Å². The zero-order valence-electron chi connectivity index (χ0n) is 25.4. The summed E-state index contributed by atoms with van der Waals surface area (Å²) in [6.07, 6.45) is -2.05. The number of allylic oxidation sites excluding steroid dienone is 1. The molecule has 42 heavy (non-hydrogen) atoms. The van der Waals surface area contributed by atoms with Gasteiger partial charge in [-0.05, 0) is 45.1 Å². The molecule has 0 aliphatic heterocycles. The van der Waals surface area contributed by atoms with Gasteiger partial charge in [0.15, 0.2) is 17.2 Å². The lowest BCUT2D eigenvalue weighted by Crippen LogP contribution is -2.75. The van der Waals surface area contributed by atoms with E-state index in [0.717, 1.165) is 6.92 Å². The maximum absolute atomic E-state index is 14.5. The van der Waals surface area contributed by atoms with Crippen molar-refractivity contribution in [2.75, 3.05) is 0 Å². The minimum atomic E-state index is -2.96. The molecule has 1 aromatic carbocycles. The quantitative estimate of drug-likeness (QED) is 0.259. The first kappa shape index (κ1) is 31.4. The summed E-state index contributed by atoms with van der Waals surface area (Å²) in [5.74, 6) is -8.49. The number of benzene rings is 1. The SMILES string of the molecule is CC(=O)C1=C(O)[C@]2(O)C(=O)C3=C(O)c4c(ccc(CC(=O)OC(C)(C)C)c4O)[C@@H](C)[C@]3(C)[C@@H](O)[C@]2(C)C(C(C)C)C1=O. The van der Waals surface area contributed by atoms with Crippen LogP contribution in [0.25, 0.3) is 5.76 Å². The van der Waals surface area contributed by atoms with Crippen LogP contribution in [-0.4, -0.2) is 66.2 Å². The highest BCUT2D eigenvalue weighted by molar-refractivity contribution is 6.24. The van der Waals surface area contributed by atoms with Gasteiger partial charge in [-0.1, -0.05) is 46.8 Å². The fraction of sp³-hybridized carbons (Fsp3) is 0.562. The summed E-state index contributed by atoms with van der Waals surface area (Å²) in [6, 6.07) is 3.08. The van der Waals surface area contributed by atoms with E-state index in [1.54, 1.807) is 47.6 Å². The summed E-state index contributed by atoms with van der Waals surface area (Å²) in [7, 11) is 0. The van der Waals surface area contributed by atoms with Crippen molar-refractivity contribution in [2.45, 2.75) is 92.0 Å². The molecule has 6 atom stereocenters. The van der Waals surface area contributed by atoms with Gasteiger partial charge in [-0.15, -0.1) is 0 Å². The van der Waals surface area contributed by atoms with E-state index >= 15 is 0 Å². The topological polar surface area (TPSA) is 179 Å². The highest BCUT2D eigenvalue weighted by Gasteiger charge is 2.77. The van der Waals surface area contributed by atoms with E-state index in [9.17, 15) is 44.7 Å². The van der Waals surface area contributed by atoms with Crippen LogP contribution < -0.4 is 0 Å². The lowest BCUT2D eigenvalue weighted by atomic mass is 9.40. The summed E-state index contributed by atoms with van der Waals surface area (Å²) >= 11 is 0. The first-order chi connectivity index (χ1) is 19.1. The molecule has 0 bridgehead atoms. The number of fused-ring (bicyclic) bond motifs is 3. The van der Waals surface area contributed by atoms with Crippen molar-refractivity contribution in [2.24, 2.45) is 22.7 Å². The predicted molar refractivity (Wildman–Crippen MR) is 151 cm³/mol. The third-order valence-electron chi connectivity index (χ3n) is 9.67. The second-order valence-electron chi connectivity index (χ2n) is 13.6. The van der Waals surface area contributed by atoms with E-state index in [4.69, 9.17) is 4.74 Å². The predicted octanol–water partition coefficient (Wildman–Crippen LogP) is 3.61. The number of aliphatic hydroxyl groups excluding tert-OH is 3. The van der Waals surface area contributed by atoms with Crippen LogP contribution in [-0.2, 0) is 30.3 Å². The molecule has 10 nitrogen and oxygen atoms in total. The molecule has 10 heteroatoms. The lowest BCUT2D eigenvalue weighted by molar-refractivity contribution is -0.215. The van der Waals surface area contributed by atoms with Crippen LogP contribution >= 0.6 is 0 Å². The van der Waals surface area contributed by atoms with Crippen LogP contribution in [0.2, 0.25) is 0 Å². The Hall–Kier alpha value is -3.50. The molecule has 0 aromatic heterocycles. The van der Waals surface area contributed by atoms with E-state index in [2.05, 4.69) is 0 Å². The molecule has 1 unspecified atom stereocenters. The zero-order chi connectivity index (χ0) is 32.1. The Kier molecular flexibility index (Phi) is 7.11. The zero-order valence-corrected chi connectivity index (χ0v) is 25.4. The summed E-state index contributed by atoms with van der Waals surface area (Å²) in [4.78, 5) is 53.2. The fourth-order valence-corrected chi connectivity index (χ4v) is 7.65. The number of esters is 1. The first-order valence-electron chi connectivity index (χ1n) is 14.0. The number of hydrogen-bond acceptors (Lipinski definition) is 10. The number of aromatic hydroxyl groups is 1. The second kappa shape index (κ2) is 9.50. The van der Waals surface area contributed by atoms with Crippen LogP contribution in [0, 0.1) is 22.7 Å². The van der Waals surface area contributed by atoms with Gasteiger partial charge in [0.05, 0.1) is 23.7 Å². The normalized spacial score (nSPS) is 32.9. The largest absolute Gasteiger partial charge is 0.508 e. The Labute approximate surface area is 244 Å². The smallest absolute Gasteiger partial charge is 0.310 e. The van der Waals surface area contributed by atoms with E-state index < -0.39 is 97.6 Å². The minimum Gasteiger partial charge on any atom is -0.508 e. The number of ketones is 3. The molecular formula is C32H40O10. The third kappa shape index (κ3) is 3.84. The number of phenols is 1. The number of rotatable bonds is 4. The van der Waals surface area contributed by atoms with Crippen molar-refractivity contribution in [3.63, 3.8) is 0 Å². The number of ether oxygens (including phenoxy) is 1. The van der Waals surface area contributed by atoms with E-state index in [1.165, 1.54) is 19.9 Å². The first-order valence-corrected chi connectivity index (χ1v) is 14.0. The van der Waals surface area contributed by atoms with Gasteiger partial charge in [0.1, 0.15) is 28.4 Å². The van der Waals surface area contributed by atoms with Gasteiger partial charge in [0.2, 0.25) is 5.78 Å². The average Bonchev–Trinajstić information content (AvgIpc) is 2.84. The third-order valence-corrected chi connectivity index (χ3v) is 9.67. The highest BCUT2D eigenvalue weighted by atomic mass is 16.6. The van der Waals surface area contributed by atoms with Crippen LogP contribution in [0.3, 0.4) is 0 Å². The van der Waals surface area contributed by atoms with Crippen molar-refractivity contribution in [1.82, 2.24) is 0 Å². The minimum absolute atomic E-state index is 0.114. The van der Waals surface area contributed by atoms with Crippen molar-refractivity contribution >= 4 is 29.1 Å². The molecular weight excluding hydrogens is 544 g/mol. The highest BCUT2D eigenvalue weighted by Crippen LogP contribution is 2.67. The summed E-state index contributed by atoms with van der Waals surface area (Å²) in [5, 5.41) is 58.6. The standard InChI is InChI=1S/C32H40O10/c1-13(2)21-24(36)19(15(4)33)26(38)32(41)27(39)22-25(37)20-17(14(3)30(22,8)28(40)31(21,32)9)11-10-16(23(20)35)12-18(34)42-29(5,6)7/h10-11,13-14,21,28,35,37-38,40-41H,12H2,1-9H3/t14-,21?,28-,30+,31+,32+/m1/s1. The van der Waals surface area contributed by atoms with Gasteiger partial charge in [0, 0.05) is 22.3 Å². The fourth-order valence-electron chi connectivity index (χ4n) is 7.65. The van der Waals surface area contributed by atoms with Gasteiger partial charge in [0.25, 0.3) is 0 Å². The maximum atomic E-state index is 14.5. The Morgan fingerprint density at radius 1 is 1.07 bits per heavy atom. The summed E-state index contributed by atoms with van der Waals surface area (Å²) < 4.78 is 5.35. The van der Waals surface area contributed by atoms with Crippen LogP contribution in [0.4, 0.5) is 0 Å². The van der Waals surface area contributed by atoms with Crippen LogP contribution in [0.15, 0.2) is 29.0 Å². The molecule has 228 valence electrons. The second-order valence-corrected chi connectivity index (χ2v) is 13.6. The Bertz CT molecular complexity index is 1490. The van der Waals surface area contributed by atoms with Crippen molar-refractivity contribution in [3.8, 4) is 5.75 Å². The number of carbonyl (C=O) groups is 4. The molecule has 3 aliphatic rings. The summed E-state index contributed by atoms with van der Waals surface area (Å²) in [6.45, 7) is 14.0. The number of Topliss-reactive ketones (excluding diaryl/α,β-unsaturated/α-hetero) is 3. The van der Waals surface area contributed by atoms with Crippen molar-refractivity contribution in [1.29, 1.82) is 0 Å². The van der Waals surface area contributed by atoms with Crippen molar-refractivity contribution in [3.05, 3.63) is 45.7 Å². The molecule has 5 N–H and O–H groups in total. The number of phenolic OH excluding ortho intramolecular Hbond substituents is 1. The van der Waals surface area contributed by atoms with Gasteiger partial charge >= 0.3 is 5.97 Å². The molecule has 3 aliphatic carbocycles. The number of carbonyl (C=O) groups excluding carboxylic acids is 4. The van der Waals surface area contributed by atoms with E-state index in [-0.39, 0.29) is 17.5 Å². The van der Waals surface area contributed by atoms with E-state index in [0.29, 0.717) is 5.56 Å². The Balaban J connectivity index is 2.03. The monoisotopic (exact) mass is 584 g/mol.